The Bertz CT molecular complexity index is 972. The minimum Gasteiger partial charge on any atom is -0.457 e. The van der Waals surface area contributed by atoms with Gasteiger partial charge in [0.2, 0.25) is 6.34 Å². The first-order valence-corrected chi connectivity index (χ1v) is 10.0. The Morgan fingerprint density at radius 3 is 2.48 bits per heavy atom. The van der Waals surface area contributed by atoms with Crippen molar-refractivity contribution in [2.45, 2.75) is 18.9 Å². The van der Waals surface area contributed by atoms with E-state index in [1.54, 1.807) is 0 Å². The predicted octanol–water partition coefficient (Wildman–Crippen LogP) is 4.21. The number of para-hydroxylation sites is 1. The van der Waals surface area contributed by atoms with E-state index in [1.165, 1.54) is 5.69 Å². The van der Waals surface area contributed by atoms with Crippen LogP contribution in [0.15, 0.2) is 88.9 Å². The van der Waals surface area contributed by atoms with Crippen LogP contribution in [0.4, 0.5) is 5.69 Å². The normalized spacial score (nSPS) is 23.2. The minimum atomic E-state index is 0.427. The lowest BCUT2D eigenvalue weighted by Crippen LogP contribution is -2.58. The molecule has 3 heterocycles. The summed E-state index contributed by atoms with van der Waals surface area (Å²) in [6, 6.07) is 18.7. The van der Waals surface area contributed by atoms with Crippen LogP contribution in [-0.2, 0) is 0 Å². The molecule has 1 atom stereocenters. The van der Waals surface area contributed by atoms with Crippen molar-refractivity contribution in [3.63, 3.8) is 0 Å². The number of fused-ring (bicyclic) bond motifs is 1. The van der Waals surface area contributed by atoms with Gasteiger partial charge < -0.3 is 9.64 Å². The summed E-state index contributed by atoms with van der Waals surface area (Å²) in [6.07, 6.45) is 11.7. The molecule has 0 saturated carbocycles. The van der Waals surface area contributed by atoms with Gasteiger partial charge in [-0.05, 0) is 49.2 Å². The highest BCUT2D eigenvalue weighted by Gasteiger charge is 2.37. The molecule has 1 N–H and O–H groups in total. The molecule has 29 heavy (non-hydrogen) atoms. The average molecular weight is 386 g/mol. The van der Waals surface area contributed by atoms with Crippen LogP contribution in [-0.4, -0.2) is 36.3 Å². The quantitative estimate of drug-likeness (QED) is 0.783. The van der Waals surface area contributed by atoms with E-state index in [2.05, 4.69) is 32.4 Å². The molecule has 6 nitrogen and oxygen atoms in total. The lowest BCUT2D eigenvalue weighted by Gasteiger charge is -2.37. The van der Waals surface area contributed by atoms with Crippen LogP contribution in [0.3, 0.4) is 0 Å². The van der Waals surface area contributed by atoms with Gasteiger partial charge in [0.05, 0.1) is 24.7 Å². The molecule has 3 aliphatic heterocycles. The molecule has 1 fully saturated rings. The second-order valence-corrected chi connectivity index (χ2v) is 7.47. The zero-order chi connectivity index (χ0) is 19.5. The van der Waals surface area contributed by atoms with Crippen molar-refractivity contribution in [2.75, 3.05) is 18.0 Å². The fourth-order valence-electron chi connectivity index (χ4n) is 3.96. The lowest BCUT2D eigenvalue weighted by molar-refractivity contribution is -0.787. The molecule has 2 aromatic rings. The molecular formula is C23H24N5O+. The number of quaternary nitrogens is 1. The third-order valence-corrected chi connectivity index (χ3v) is 5.55. The van der Waals surface area contributed by atoms with E-state index in [0.29, 0.717) is 10.6 Å². The van der Waals surface area contributed by atoms with Crippen LogP contribution in [0.25, 0.3) is 0 Å². The van der Waals surface area contributed by atoms with E-state index in [9.17, 15) is 0 Å². The van der Waals surface area contributed by atoms with Crippen molar-refractivity contribution in [2.24, 2.45) is 9.98 Å². The summed E-state index contributed by atoms with van der Waals surface area (Å²) in [7, 11) is 0. The largest absolute Gasteiger partial charge is 0.457 e. The number of hydrogen-bond donors (Lipinski definition) is 1. The van der Waals surface area contributed by atoms with Crippen LogP contribution >= 0.6 is 0 Å². The molecule has 6 heteroatoms. The summed E-state index contributed by atoms with van der Waals surface area (Å²) in [5, 5.41) is 0. The summed E-state index contributed by atoms with van der Waals surface area (Å²) >= 11 is 0. The smallest absolute Gasteiger partial charge is 0.219 e. The number of hydrogen-bond acceptors (Lipinski definition) is 5. The molecule has 1 saturated heterocycles. The zero-order valence-corrected chi connectivity index (χ0v) is 16.2. The van der Waals surface area contributed by atoms with Crippen LogP contribution in [0, 0.1) is 0 Å². The molecule has 0 bridgehead atoms. The molecule has 2 aromatic carbocycles. The van der Waals surface area contributed by atoms with Crippen LogP contribution in [0.5, 0.6) is 11.5 Å². The number of piperidine rings is 1. The van der Waals surface area contributed by atoms with Gasteiger partial charge in [-0.2, -0.15) is 0 Å². The fraction of sp³-hybridized carbons (Fsp3) is 0.217. The molecule has 0 radical (unpaired) electrons. The molecule has 0 spiro atoms. The average Bonchev–Trinajstić information content (AvgIpc) is 3.19. The molecule has 146 valence electrons. The maximum absolute atomic E-state index is 5.90. The third kappa shape index (κ3) is 3.72. The molecule has 1 unspecified atom stereocenters. The Labute approximate surface area is 170 Å². The van der Waals surface area contributed by atoms with Gasteiger partial charge in [0.25, 0.3) is 0 Å². The first-order chi connectivity index (χ1) is 14.3. The van der Waals surface area contributed by atoms with Gasteiger partial charge in [-0.1, -0.05) is 18.2 Å². The minimum absolute atomic E-state index is 0.427. The Kier molecular flexibility index (Phi) is 4.71. The van der Waals surface area contributed by atoms with Gasteiger partial charge >= 0.3 is 0 Å². The highest BCUT2D eigenvalue weighted by atomic mass is 16.5. The van der Waals surface area contributed by atoms with Gasteiger partial charge in [-0.3, -0.25) is 4.99 Å². The first-order valence-electron chi connectivity index (χ1n) is 10.0. The van der Waals surface area contributed by atoms with Crippen molar-refractivity contribution in [3.05, 3.63) is 78.9 Å². The van der Waals surface area contributed by atoms with Crippen molar-refractivity contribution < 1.29 is 9.33 Å². The maximum atomic E-state index is 5.90. The number of anilines is 1. The van der Waals surface area contributed by atoms with E-state index >= 15 is 0 Å². The Balaban J connectivity index is 1.18. The monoisotopic (exact) mass is 386 g/mol. The van der Waals surface area contributed by atoms with Crippen LogP contribution < -0.4 is 15.1 Å². The van der Waals surface area contributed by atoms with Gasteiger partial charge in [0.1, 0.15) is 17.7 Å². The van der Waals surface area contributed by atoms with Gasteiger partial charge in [0.15, 0.2) is 5.70 Å². The van der Waals surface area contributed by atoms with Gasteiger partial charge in [0, 0.05) is 18.8 Å². The summed E-state index contributed by atoms with van der Waals surface area (Å²) in [5.74, 6) is 1.72. The summed E-state index contributed by atoms with van der Waals surface area (Å²) in [4.78, 5) is 11.0. The Morgan fingerprint density at radius 1 is 0.931 bits per heavy atom. The highest BCUT2D eigenvalue weighted by molar-refractivity contribution is 5.81. The third-order valence-electron chi connectivity index (χ3n) is 5.55. The molecule has 0 aromatic heterocycles. The van der Waals surface area contributed by atoms with E-state index < -0.39 is 0 Å². The molecule has 0 aliphatic carbocycles. The number of nitrogens with one attached hydrogen (secondary N) is 1. The first kappa shape index (κ1) is 17.8. The van der Waals surface area contributed by atoms with Crippen molar-refractivity contribution in [1.29, 1.82) is 0 Å². The number of rotatable bonds is 5. The lowest BCUT2D eigenvalue weighted by atomic mass is 10.0. The highest BCUT2D eigenvalue weighted by Crippen LogP contribution is 2.27. The van der Waals surface area contributed by atoms with E-state index in [0.717, 1.165) is 43.1 Å². The van der Waals surface area contributed by atoms with Gasteiger partial charge in [-0.25, -0.2) is 4.99 Å². The van der Waals surface area contributed by atoms with E-state index in [4.69, 9.17) is 4.74 Å². The predicted molar refractivity (Wildman–Crippen MR) is 116 cm³/mol. The maximum Gasteiger partial charge on any atom is 0.219 e. The van der Waals surface area contributed by atoms with Crippen LogP contribution in [0.2, 0.25) is 0 Å². The van der Waals surface area contributed by atoms with Crippen molar-refractivity contribution >= 4 is 18.2 Å². The number of allylic oxidation sites excluding steroid dienone is 1. The van der Waals surface area contributed by atoms with E-state index in [-0.39, 0.29) is 0 Å². The second-order valence-electron chi connectivity index (χ2n) is 7.47. The van der Waals surface area contributed by atoms with E-state index in [1.807, 2.05) is 73.6 Å². The number of nitrogens with zero attached hydrogens (tertiary/aromatic N) is 4. The SMILES string of the molecule is C1=C[N+]2(NC3CCN(c4ccc(Oc5ccccc5)cc4)CC3)C=NC=C2C=N1. The van der Waals surface area contributed by atoms with Crippen molar-refractivity contribution in [3.8, 4) is 11.5 Å². The standard InChI is InChI=1S/C23H24N5O/c1-2-4-22(5-3-1)29-23-8-6-20(7-9-23)27-13-10-19(11-14-27)26-28-15-12-24-16-21(28)17-25-18-28/h1-9,12,15-19,26H,10-11,13-14H2/q+1. The Hall–Kier alpha value is -3.22. The molecule has 0 amide bonds. The summed E-state index contributed by atoms with van der Waals surface area (Å²) < 4.78 is 6.37. The van der Waals surface area contributed by atoms with Gasteiger partial charge in [-0.15, -0.1) is 10.0 Å². The van der Waals surface area contributed by atoms with Crippen LogP contribution in [0.1, 0.15) is 12.8 Å². The summed E-state index contributed by atoms with van der Waals surface area (Å²) in [6.45, 7) is 2.04. The topological polar surface area (TPSA) is 49.2 Å². The molecule has 5 rings (SSSR count). The fourth-order valence-corrected chi connectivity index (χ4v) is 3.96. The number of aliphatic imine (C=N–C) groups is 2. The summed E-state index contributed by atoms with van der Waals surface area (Å²) in [5.41, 5.74) is 6.04. The Morgan fingerprint density at radius 2 is 1.69 bits per heavy atom. The molecule has 3 aliphatic rings. The molecular weight excluding hydrogens is 362 g/mol. The second kappa shape index (κ2) is 7.66. The van der Waals surface area contributed by atoms with Crippen molar-refractivity contribution in [1.82, 2.24) is 5.43 Å². The number of benzene rings is 2. The number of ether oxygens (including phenoxy) is 1. The zero-order valence-electron chi connectivity index (χ0n) is 16.2.